The Labute approximate surface area is 175 Å². The van der Waals surface area contributed by atoms with Crippen LogP contribution in [-0.4, -0.2) is 15.9 Å². The molecule has 3 aromatic rings. The lowest BCUT2D eigenvalue weighted by Crippen LogP contribution is -2.20. The summed E-state index contributed by atoms with van der Waals surface area (Å²) >= 11 is 0. The van der Waals surface area contributed by atoms with E-state index in [0.29, 0.717) is 29.8 Å². The van der Waals surface area contributed by atoms with Crippen molar-refractivity contribution >= 4 is 23.2 Å². The van der Waals surface area contributed by atoms with Gasteiger partial charge in [-0.15, -0.1) is 0 Å². The maximum Gasteiger partial charge on any atom is 0.419 e. The van der Waals surface area contributed by atoms with Crippen LogP contribution in [0.4, 0.5) is 34.9 Å². The molecule has 1 aromatic heterocycles. The Morgan fingerprint density at radius 1 is 1.03 bits per heavy atom. The number of hydrogen-bond acceptors (Lipinski definition) is 4. The molecule has 2 aromatic carbocycles. The molecule has 160 valence electrons. The van der Waals surface area contributed by atoms with Crippen LogP contribution in [0.5, 0.6) is 0 Å². The number of aryl methyl sites for hydroxylation is 3. The summed E-state index contributed by atoms with van der Waals surface area (Å²) in [6, 6.07) is 11.0. The number of benzene rings is 2. The zero-order valence-electron chi connectivity index (χ0n) is 16.3. The van der Waals surface area contributed by atoms with Gasteiger partial charge in [-0.05, 0) is 48.6 Å². The predicted octanol–water partition coefficient (Wildman–Crippen LogP) is 5.05. The van der Waals surface area contributed by atoms with Crippen molar-refractivity contribution in [3.63, 3.8) is 0 Å². The van der Waals surface area contributed by atoms with Crippen LogP contribution in [0.25, 0.3) is 0 Å². The number of nitrogens with one attached hydrogen (secondary N) is 2. The molecule has 1 aliphatic heterocycles. The van der Waals surface area contributed by atoms with E-state index in [0.717, 1.165) is 11.8 Å². The number of carbonyl (C=O) groups excluding carboxylic acids is 1. The molecule has 9 heteroatoms. The Hall–Kier alpha value is -3.49. The fourth-order valence-electron chi connectivity index (χ4n) is 3.45. The highest BCUT2D eigenvalue weighted by atomic mass is 19.4. The lowest BCUT2D eigenvalue weighted by molar-refractivity contribution is -0.138. The van der Waals surface area contributed by atoms with Gasteiger partial charge in [-0.1, -0.05) is 24.3 Å². The van der Waals surface area contributed by atoms with Crippen LogP contribution < -0.4 is 10.6 Å². The van der Waals surface area contributed by atoms with Gasteiger partial charge in [0.2, 0.25) is 11.9 Å². The van der Waals surface area contributed by atoms with Gasteiger partial charge in [0.1, 0.15) is 5.82 Å². The fraction of sp³-hybridized carbons (Fsp3) is 0.227. The Kier molecular flexibility index (Phi) is 5.58. The van der Waals surface area contributed by atoms with E-state index in [1.54, 1.807) is 12.1 Å². The van der Waals surface area contributed by atoms with E-state index in [2.05, 4.69) is 20.6 Å². The van der Waals surface area contributed by atoms with Gasteiger partial charge in [0, 0.05) is 12.6 Å². The lowest BCUT2D eigenvalue weighted by Gasteiger charge is -2.20. The van der Waals surface area contributed by atoms with Crippen LogP contribution in [0.2, 0.25) is 0 Å². The van der Waals surface area contributed by atoms with Crippen molar-refractivity contribution in [3.8, 4) is 0 Å². The number of halogens is 4. The van der Waals surface area contributed by atoms with E-state index in [1.165, 1.54) is 24.3 Å². The van der Waals surface area contributed by atoms with E-state index in [4.69, 9.17) is 0 Å². The number of fused-ring (bicyclic) bond motifs is 1. The Bertz CT molecular complexity index is 1110. The number of rotatable bonds is 5. The molecule has 0 saturated heterocycles. The van der Waals surface area contributed by atoms with Crippen LogP contribution in [0.3, 0.4) is 0 Å². The van der Waals surface area contributed by atoms with Crippen LogP contribution >= 0.6 is 0 Å². The molecule has 0 unspecified atom stereocenters. The molecular weight excluding hydrogens is 412 g/mol. The Morgan fingerprint density at radius 2 is 1.81 bits per heavy atom. The van der Waals surface area contributed by atoms with Gasteiger partial charge in [-0.2, -0.15) is 13.2 Å². The molecule has 0 radical (unpaired) electrons. The van der Waals surface area contributed by atoms with Crippen LogP contribution in [0, 0.1) is 5.82 Å². The molecule has 4 rings (SSSR count). The molecule has 0 fully saturated rings. The number of carbonyl (C=O) groups is 1. The van der Waals surface area contributed by atoms with Gasteiger partial charge >= 0.3 is 6.18 Å². The highest BCUT2D eigenvalue weighted by Crippen LogP contribution is 2.34. The second-order valence-corrected chi connectivity index (χ2v) is 7.19. The first-order valence-corrected chi connectivity index (χ1v) is 9.66. The van der Waals surface area contributed by atoms with Gasteiger partial charge < -0.3 is 10.6 Å². The first-order chi connectivity index (χ1) is 14.8. The lowest BCUT2D eigenvalue weighted by atomic mass is 10.0. The van der Waals surface area contributed by atoms with Crippen molar-refractivity contribution in [2.75, 3.05) is 10.6 Å². The highest BCUT2D eigenvalue weighted by Gasteiger charge is 2.35. The smallest absolute Gasteiger partial charge is 0.324 e. The number of anilines is 3. The van der Waals surface area contributed by atoms with Crippen molar-refractivity contribution in [1.29, 1.82) is 0 Å². The minimum absolute atomic E-state index is 0.00130. The number of amides is 1. The molecule has 2 N–H and O–H groups in total. The number of alkyl halides is 3. The number of para-hydroxylation sites is 1. The summed E-state index contributed by atoms with van der Waals surface area (Å²) in [7, 11) is 0. The van der Waals surface area contributed by atoms with E-state index < -0.39 is 17.6 Å². The molecular formula is C22H18F4N4O. The maximum atomic E-state index is 13.5. The average Bonchev–Trinajstić information content (AvgIpc) is 2.73. The summed E-state index contributed by atoms with van der Waals surface area (Å²) < 4.78 is 53.4. The van der Waals surface area contributed by atoms with Gasteiger partial charge in [-0.25, -0.2) is 14.4 Å². The van der Waals surface area contributed by atoms with E-state index in [9.17, 15) is 22.4 Å². The number of aromatic nitrogens is 2. The van der Waals surface area contributed by atoms with Crippen molar-refractivity contribution in [2.24, 2.45) is 0 Å². The standard InChI is InChI=1S/C22H18F4N4O/c23-15-8-4-13(5-9-15)6-10-17-16(22(24,25)26)12-27-21(28-17)29-18-3-1-2-14-7-11-19(31)30-20(14)18/h1-5,8-9,12H,6-7,10-11H2,(H,30,31)(H,27,28,29). The Balaban J connectivity index is 1.62. The fourth-order valence-corrected chi connectivity index (χ4v) is 3.45. The molecule has 0 saturated carbocycles. The van der Waals surface area contributed by atoms with Gasteiger partial charge in [-0.3, -0.25) is 4.79 Å². The average molecular weight is 430 g/mol. The zero-order chi connectivity index (χ0) is 22.0. The Morgan fingerprint density at radius 3 is 2.55 bits per heavy atom. The topological polar surface area (TPSA) is 66.9 Å². The monoisotopic (exact) mass is 430 g/mol. The summed E-state index contributed by atoms with van der Waals surface area (Å²) in [4.78, 5) is 19.7. The third-order valence-electron chi connectivity index (χ3n) is 5.02. The van der Waals surface area contributed by atoms with Crippen LogP contribution in [0.15, 0.2) is 48.7 Å². The largest absolute Gasteiger partial charge is 0.419 e. The summed E-state index contributed by atoms with van der Waals surface area (Å²) in [6.45, 7) is 0. The third-order valence-corrected chi connectivity index (χ3v) is 5.02. The molecule has 1 amide bonds. The number of hydrogen-bond donors (Lipinski definition) is 2. The van der Waals surface area contributed by atoms with Crippen LogP contribution in [-0.2, 0) is 30.2 Å². The molecule has 1 aliphatic rings. The molecule has 2 heterocycles. The summed E-state index contributed by atoms with van der Waals surface area (Å²) in [5.41, 5.74) is 1.63. The molecule has 5 nitrogen and oxygen atoms in total. The van der Waals surface area contributed by atoms with Crippen molar-refractivity contribution < 1.29 is 22.4 Å². The van der Waals surface area contributed by atoms with E-state index in [1.807, 2.05) is 6.07 Å². The minimum atomic E-state index is -4.60. The quantitative estimate of drug-likeness (QED) is 0.556. The van der Waals surface area contributed by atoms with Gasteiger partial charge in [0.25, 0.3) is 0 Å². The second kappa shape index (κ2) is 8.33. The van der Waals surface area contributed by atoms with E-state index >= 15 is 0 Å². The first kappa shape index (κ1) is 20.8. The summed E-state index contributed by atoms with van der Waals surface area (Å²) in [5.74, 6) is -0.544. The molecule has 31 heavy (non-hydrogen) atoms. The first-order valence-electron chi connectivity index (χ1n) is 9.66. The van der Waals surface area contributed by atoms with Crippen LogP contribution in [0.1, 0.15) is 28.8 Å². The van der Waals surface area contributed by atoms with Crippen molar-refractivity contribution in [1.82, 2.24) is 9.97 Å². The van der Waals surface area contributed by atoms with Gasteiger partial charge in [0.05, 0.1) is 22.6 Å². The molecule has 0 atom stereocenters. The maximum absolute atomic E-state index is 13.5. The molecule has 0 bridgehead atoms. The summed E-state index contributed by atoms with van der Waals surface area (Å²) in [5, 5.41) is 5.71. The predicted molar refractivity (Wildman–Crippen MR) is 108 cm³/mol. The normalized spacial score (nSPS) is 13.5. The molecule has 0 spiro atoms. The SMILES string of the molecule is O=C1CCc2cccc(Nc3ncc(C(F)(F)F)c(CCc4ccc(F)cc4)n3)c2N1. The minimum Gasteiger partial charge on any atom is -0.324 e. The second-order valence-electron chi connectivity index (χ2n) is 7.19. The number of nitrogens with zero attached hydrogens (tertiary/aromatic N) is 2. The van der Waals surface area contributed by atoms with Crippen molar-refractivity contribution in [2.45, 2.75) is 31.9 Å². The van der Waals surface area contributed by atoms with Crippen molar-refractivity contribution in [3.05, 3.63) is 76.9 Å². The highest BCUT2D eigenvalue weighted by molar-refractivity contribution is 5.98. The summed E-state index contributed by atoms with van der Waals surface area (Å²) in [6.07, 6.45) is -2.63. The van der Waals surface area contributed by atoms with E-state index in [-0.39, 0.29) is 30.4 Å². The molecule has 0 aliphatic carbocycles. The van der Waals surface area contributed by atoms with Gasteiger partial charge in [0.15, 0.2) is 0 Å². The zero-order valence-corrected chi connectivity index (χ0v) is 16.3. The third kappa shape index (κ3) is 4.82.